The van der Waals surface area contributed by atoms with Gasteiger partial charge in [0.25, 0.3) is 0 Å². The van der Waals surface area contributed by atoms with Gasteiger partial charge >= 0.3 is 18.9 Å². The van der Waals surface area contributed by atoms with E-state index in [9.17, 15) is 5.11 Å². The zero-order valence-electron chi connectivity index (χ0n) is 10.5. The maximum Gasteiger partial charge on any atom is 1.00 e. The molecule has 0 aromatic heterocycles. The molecule has 0 bridgehead atoms. The first-order chi connectivity index (χ1) is 8.31. The number of para-hydroxylation sites is 2. The Hall–Kier alpha value is -1.14. The third-order valence-electron chi connectivity index (χ3n) is 2.41. The van der Waals surface area contributed by atoms with Crippen molar-refractivity contribution in [2.45, 2.75) is 4.90 Å². The van der Waals surface area contributed by atoms with Crippen LogP contribution in [0.1, 0.15) is 5.56 Å². The van der Waals surface area contributed by atoms with Crippen LogP contribution >= 0.6 is 11.8 Å². The standard InChI is InChI=1S/C14H13NOS.Li/c1-17-14-9-5-3-7-12(14)15-10-11-6-2-4-8-13(11)16;/h2-10,16H,1H3;/q;+1. The molecular weight excluding hydrogens is 237 g/mol. The topological polar surface area (TPSA) is 37.0 Å². The van der Waals surface area contributed by atoms with Gasteiger partial charge in [-0.25, -0.2) is 4.99 Å². The smallest absolute Gasteiger partial charge is 0.872 e. The first-order valence-electron chi connectivity index (χ1n) is 5.30. The molecule has 0 heterocycles. The van der Waals surface area contributed by atoms with Crippen molar-refractivity contribution in [3.05, 3.63) is 54.1 Å². The van der Waals surface area contributed by atoms with E-state index in [2.05, 4.69) is 4.99 Å². The quantitative estimate of drug-likeness (QED) is 0.401. The summed E-state index contributed by atoms with van der Waals surface area (Å²) in [5.74, 6) is 0.0293. The molecule has 4 heteroatoms. The van der Waals surface area contributed by atoms with Gasteiger partial charge in [-0.3, -0.25) is 0 Å². The van der Waals surface area contributed by atoms with Gasteiger partial charge in [0, 0.05) is 11.6 Å². The van der Waals surface area contributed by atoms with Crippen molar-refractivity contribution in [3.8, 4) is 5.75 Å². The van der Waals surface area contributed by atoms with Crippen molar-refractivity contribution in [1.82, 2.24) is 0 Å². The maximum absolute atomic E-state index is 11.5. The van der Waals surface area contributed by atoms with Crippen LogP contribution in [0.3, 0.4) is 0 Å². The molecule has 0 aliphatic carbocycles. The molecule has 0 aliphatic rings. The summed E-state index contributed by atoms with van der Waals surface area (Å²) in [5.41, 5.74) is 1.69. The van der Waals surface area contributed by atoms with E-state index < -0.39 is 0 Å². The number of hydrogen-bond acceptors (Lipinski definition) is 2. The molecule has 0 spiro atoms. The summed E-state index contributed by atoms with van der Waals surface area (Å²) < 4.78 is 0. The number of hydrogen-bond donors (Lipinski definition) is 1. The number of nitrogens with one attached hydrogen (secondary N) is 1. The predicted molar refractivity (Wildman–Crippen MR) is 69.9 cm³/mol. The van der Waals surface area contributed by atoms with Crippen LogP contribution < -0.4 is 29.0 Å². The van der Waals surface area contributed by atoms with Crippen LogP contribution in [0, 0.1) is 0 Å². The average Bonchev–Trinajstić information content (AvgIpc) is 2.38. The Morgan fingerprint density at radius 2 is 1.72 bits per heavy atom. The van der Waals surface area contributed by atoms with Gasteiger partial charge in [0.15, 0.2) is 6.21 Å². The molecule has 2 nitrogen and oxygen atoms in total. The second-order valence-corrected chi connectivity index (χ2v) is 4.37. The molecule has 18 heavy (non-hydrogen) atoms. The maximum atomic E-state index is 11.5. The van der Waals surface area contributed by atoms with Crippen LogP contribution in [0.25, 0.3) is 0 Å². The second kappa shape index (κ2) is 7.33. The Morgan fingerprint density at radius 1 is 1.06 bits per heavy atom. The van der Waals surface area contributed by atoms with Gasteiger partial charge in [-0.05, 0) is 18.4 Å². The van der Waals surface area contributed by atoms with E-state index in [-0.39, 0.29) is 24.6 Å². The third kappa shape index (κ3) is 3.68. The molecule has 2 aromatic carbocycles. The fraction of sp³-hybridized carbons (Fsp3) is 0.0714. The third-order valence-corrected chi connectivity index (χ3v) is 3.20. The summed E-state index contributed by atoms with van der Waals surface area (Å²) in [6.07, 6.45) is 3.78. The van der Waals surface area contributed by atoms with Gasteiger partial charge in [0.2, 0.25) is 5.69 Å². The van der Waals surface area contributed by atoms with Crippen LogP contribution in [0.4, 0.5) is 5.69 Å². The minimum atomic E-state index is 0. The van der Waals surface area contributed by atoms with E-state index in [1.165, 1.54) is 0 Å². The molecule has 2 aromatic rings. The summed E-state index contributed by atoms with van der Waals surface area (Å²) >= 11 is 1.67. The average molecular weight is 250 g/mol. The fourth-order valence-corrected chi connectivity index (χ4v) is 2.08. The second-order valence-electron chi connectivity index (χ2n) is 3.53. The summed E-state index contributed by atoms with van der Waals surface area (Å²) in [7, 11) is 0. The van der Waals surface area contributed by atoms with Crippen molar-refractivity contribution in [1.29, 1.82) is 0 Å². The van der Waals surface area contributed by atoms with Gasteiger partial charge < -0.3 is 5.11 Å². The van der Waals surface area contributed by atoms with E-state index in [4.69, 9.17) is 0 Å². The van der Waals surface area contributed by atoms with Gasteiger partial charge in [0.05, 0.1) is 4.90 Å². The van der Waals surface area contributed by atoms with Crippen molar-refractivity contribution in [2.24, 2.45) is 0 Å². The zero-order chi connectivity index (χ0) is 12.1. The molecule has 0 unspecified atom stereocenters. The largest absolute Gasteiger partial charge is 1.00 e. The van der Waals surface area contributed by atoms with Crippen molar-refractivity contribution in [3.63, 3.8) is 0 Å². The Kier molecular flexibility index (Phi) is 6.07. The number of benzene rings is 2. The van der Waals surface area contributed by atoms with Crippen LogP contribution in [0.5, 0.6) is 5.75 Å². The summed E-state index contributed by atoms with van der Waals surface area (Å²) in [4.78, 5) is 4.33. The van der Waals surface area contributed by atoms with E-state index in [0.717, 1.165) is 10.6 Å². The number of rotatable bonds is 3. The SMILES string of the molecule is CSc1ccccc1[NH+]=Cc1ccccc1[O-].[Li+]. The summed E-state index contributed by atoms with van der Waals surface area (Å²) in [6, 6.07) is 15.0. The molecular formula is C14H13LiNOS+. The first-order valence-corrected chi connectivity index (χ1v) is 6.52. The monoisotopic (exact) mass is 250 g/mol. The molecule has 86 valence electrons. The number of thioether (sulfide) groups is 1. The fourth-order valence-electron chi connectivity index (χ4n) is 1.52. The Labute approximate surface area is 123 Å². The molecule has 0 amide bonds. The van der Waals surface area contributed by atoms with Gasteiger partial charge in [-0.15, -0.1) is 11.8 Å². The molecule has 1 N–H and O–H groups in total. The van der Waals surface area contributed by atoms with E-state index in [0.29, 0.717) is 5.56 Å². The first kappa shape index (κ1) is 14.9. The Morgan fingerprint density at radius 3 is 2.44 bits per heavy atom. The summed E-state index contributed by atoms with van der Waals surface area (Å²) in [5, 5.41) is 11.5. The van der Waals surface area contributed by atoms with Crippen LogP contribution in [-0.2, 0) is 0 Å². The van der Waals surface area contributed by atoms with Crippen LogP contribution in [0.2, 0.25) is 0 Å². The van der Waals surface area contributed by atoms with Crippen molar-refractivity contribution >= 4 is 23.7 Å². The van der Waals surface area contributed by atoms with Gasteiger partial charge in [-0.2, -0.15) is 0 Å². The van der Waals surface area contributed by atoms with Gasteiger partial charge in [-0.1, -0.05) is 36.1 Å². The Balaban J connectivity index is 0.00000162. The zero-order valence-corrected chi connectivity index (χ0v) is 11.3. The van der Waals surface area contributed by atoms with E-state index >= 15 is 0 Å². The van der Waals surface area contributed by atoms with E-state index in [1.807, 2.05) is 36.6 Å². The molecule has 0 fully saturated rings. The molecule has 0 radical (unpaired) electrons. The Bertz CT molecular complexity index is 543. The molecule has 0 aliphatic heterocycles. The summed E-state index contributed by atoms with van der Waals surface area (Å²) in [6.45, 7) is 0. The molecule has 0 saturated carbocycles. The molecule has 0 saturated heterocycles. The van der Waals surface area contributed by atoms with Crippen molar-refractivity contribution < 1.29 is 29.0 Å². The predicted octanol–water partition coefficient (Wildman–Crippen LogP) is -1.68. The molecule has 2 rings (SSSR count). The van der Waals surface area contributed by atoms with Crippen molar-refractivity contribution in [2.75, 3.05) is 6.26 Å². The minimum absolute atomic E-state index is 0. The van der Waals surface area contributed by atoms with Crippen LogP contribution in [-0.4, -0.2) is 12.5 Å². The normalized spacial score (nSPS) is 10.3. The molecule has 0 atom stereocenters. The van der Waals surface area contributed by atoms with Crippen LogP contribution in [0.15, 0.2) is 53.4 Å². The van der Waals surface area contributed by atoms with Gasteiger partial charge in [0.1, 0.15) is 0 Å². The van der Waals surface area contributed by atoms with E-state index in [1.54, 1.807) is 36.2 Å². The minimum Gasteiger partial charge on any atom is -0.872 e.